The summed E-state index contributed by atoms with van der Waals surface area (Å²) >= 11 is 1.18. The van der Waals surface area contributed by atoms with Crippen molar-refractivity contribution in [2.75, 3.05) is 12.4 Å². The highest BCUT2D eigenvalue weighted by Gasteiger charge is 2.19. The predicted octanol–water partition coefficient (Wildman–Crippen LogP) is -0.780. The van der Waals surface area contributed by atoms with E-state index in [1.54, 1.807) is 10.8 Å². The average molecular weight is 327 g/mol. The lowest BCUT2D eigenvalue weighted by atomic mass is 10.4. The lowest BCUT2D eigenvalue weighted by Crippen LogP contribution is -2.39. The standard InChI is InChI=1S/C11H17N7O3S/c1-3-6(17-12)4-22-11-7(10(21-2)14-5-15-11)16-8(19)9(20)18-13/h4-5,17H,3,12-13H2,1-2H3,(H,16,19)(H,18,20)/b6-4-. The third kappa shape index (κ3) is 4.58. The number of nitrogens with two attached hydrogens (primary N) is 2. The molecule has 0 aliphatic carbocycles. The second kappa shape index (κ2) is 8.81. The van der Waals surface area contributed by atoms with Crippen molar-refractivity contribution in [1.82, 2.24) is 20.8 Å². The first-order valence-corrected chi connectivity index (χ1v) is 6.98. The van der Waals surface area contributed by atoms with Crippen LogP contribution in [0.5, 0.6) is 5.88 Å². The van der Waals surface area contributed by atoms with Gasteiger partial charge in [0, 0.05) is 5.70 Å². The third-order valence-corrected chi connectivity index (χ3v) is 3.36. The van der Waals surface area contributed by atoms with E-state index >= 15 is 0 Å². The minimum atomic E-state index is -1.00. The molecule has 1 aromatic rings. The average Bonchev–Trinajstić information content (AvgIpc) is 2.55. The number of aromatic nitrogens is 2. The number of carbonyl (C=O) groups is 2. The van der Waals surface area contributed by atoms with Crippen molar-refractivity contribution < 1.29 is 14.3 Å². The summed E-state index contributed by atoms with van der Waals surface area (Å²) in [6, 6.07) is 0. The fourth-order valence-electron chi connectivity index (χ4n) is 1.29. The van der Waals surface area contributed by atoms with Gasteiger partial charge >= 0.3 is 11.8 Å². The summed E-state index contributed by atoms with van der Waals surface area (Å²) in [5.41, 5.74) is 5.19. The van der Waals surface area contributed by atoms with Gasteiger partial charge in [-0.25, -0.2) is 10.8 Å². The Bertz CT molecular complexity index is 573. The summed E-state index contributed by atoms with van der Waals surface area (Å²) < 4.78 is 5.06. The van der Waals surface area contributed by atoms with Gasteiger partial charge in [0.05, 0.1) is 7.11 Å². The van der Waals surface area contributed by atoms with Gasteiger partial charge in [0.2, 0.25) is 5.88 Å². The Morgan fingerprint density at radius 3 is 2.59 bits per heavy atom. The van der Waals surface area contributed by atoms with Crippen molar-refractivity contribution in [3.63, 3.8) is 0 Å². The van der Waals surface area contributed by atoms with Crippen LogP contribution in [0, 0.1) is 0 Å². The third-order valence-electron chi connectivity index (χ3n) is 2.43. The number of anilines is 1. The Hall–Kier alpha value is -2.37. The quantitative estimate of drug-likeness (QED) is 0.113. The summed E-state index contributed by atoms with van der Waals surface area (Å²) in [6.07, 6.45) is 1.96. The zero-order chi connectivity index (χ0) is 16.5. The maximum atomic E-state index is 11.6. The first-order valence-electron chi connectivity index (χ1n) is 6.10. The summed E-state index contributed by atoms with van der Waals surface area (Å²) in [5, 5.41) is 4.46. The van der Waals surface area contributed by atoms with Crippen LogP contribution in [0.3, 0.4) is 0 Å². The van der Waals surface area contributed by atoms with E-state index in [4.69, 9.17) is 16.4 Å². The van der Waals surface area contributed by atoms with Gasteiger partial charge in [-0.05, 0) is 11.8 Å². The monoisotopic (exact) mass is 327 g/mol. The van der Waals surface area contributed by atoms with Crippen LogP contribution in [0.25, 0.3) is 0 Å². The Morgan fingerprint density at radius 2 is 2.05 bits per heavy atom. The van der Waals surface area contributed by atoms with Crippen LogP contribution in [-0.4, -0.2) is 28.9 Å². The van der Waals surface area contributed by atoms with E-state index in [0.29, 0.717) is 11.4 Å². The van der Waals surface area contributed by atoms with Crippen molar-refractivity contribution in [1.29, 1.82) is 0 Å². The Morgan fingerprint density at radius 1 is 1.32 bits per heavy atom. The molecule has 11 heteroatoms. The maximum absolute atomic E-state index is 11.6. The summed E-state index contributed by atoms with van der Waals surface area (Å²) in [5.74, 6) is 8.41. The first-order chi connectivity index (χ1) is 10.6. The molecule has 0 bridgehead atoms. The molecule has 0 fully saturated rings. The number of nitrogens with one attached hydrogen (secondary N) is 3. The molecule has 0 spiro atoms. The topological polar surface area (TPSA) is 157 Å². The van der Waals surface area contributed by atoms with Crippen molar-refractivity contribution in [2.24, 2.45) is 11.7 Å². The van der Waals surface area contributed by atoms with Crippen LogP contribution in [0.1, 0.15) is 13.3 Å². The van der Waals surface area contributed by atoms with Gasteiger partial charge in [-0.2, -0.15) is 4.98 Å². The number of nitrogens with zero attached hydrogens (tertiary/aromatic N) is 2. The highest BCUT2D eigenvalue weighted by atomic mass is 32.2. The Balaban J connectivity index is 3.09. The summed E-state index contributed by atoms with van der Waals surface area (Å²) in [7, 11) is 1.38. The SMILES string of the molecule is CC/C(=C/Sc1ncnc(OC)c1NC(=O)C(=O)NN)NN. The smallest absolute Gasteiger partial charge is 0.323 e. The predicted molar refractivity (Wildman–Crippen MR) is 81.1 cm³/mol. The molecule has 0 unspecified atom stereocenters. The maximum Gasteiger partial charge on any atom is 0.323 e. The highest BCUT2D eigenvalue weighted by Crippen LogP contribution is 2.32. The number of methoxy groups -OCH3 is 1. The molecule has 1 rings (SSSR count). The largest absolute Gasteiger partial charge is 0.479 e. The molecule has 0 aliphatic rings. The van der Waals surface area contributed by atoms with Crippen LogP contribution >= 0.6 is 11.8 Å². The number of amides is 2. The minimum absolute atomic E-state index is 0.114. The lowest BCUT2D eigenvalue weighted by molar-refractivity contribution is -0.136. The van der Waals surface area contributed by atoms with Crippen LogP contribution in [0.4, 0.5) is 5.69 Å². The van der Waals surface area contributed by atoms with Crippen molar-refractivity contribution in [3.05, 3.63) is 17.4 Å². The molecule has 2 amide bonds. The zero-order valence-corrected chi connectivity index (χ0v) is 12.9. The van der Waals surface area contributed by atoms with E-state index in [2.05, 4.69) is 20.7 Å². The number of rotatable bonds is 6. The van der Waals surface area contributed by atoms with Crippen molar-refractivity contribution in [2.45, 2.75) is 18.4 Å². The molecule has 120 valence electrons. The van der Waals surface area contributed by atoms with Gasteiger partial charge in [0.1, 0.15) is 17.0 Å². The number of allylic oxidation sites excluding steroid dienone is 1. The van der Waals surface area contributed by atoms with E-state index in [-0.39, 0.29) is 11.6 Å². The molecule has 0 saturated heterocycles. The van der Waals surface area contributed by atoms with Gasteiger partial charge < -0.3 is 15.5 Å². The molecule has 1 heterocycles. The molecule has 0 radical (unpaired) electrons. The molecule has 7 N–H and O–H groups in total. The van der Waals surface area contributed by atoms with Crippen LogP contribution < -0.4 is 32.6 Å². The molecule has 0 aromatic carbocycles. The number of thioether (sulfide) groups is 1. The molecule has 0 aliphatic heterocycles. The van der Waals surface area contributed by atoms with E-state index in [1.807, 2.05) is 6.92 Å². The molecule has 10 nitrogen and oxygen atoms in total. The molecular formula is C11H17N7O3S. The normalized spacial score (nSPS) is 10.8. The van der Waals surface area contributed by atoms with E-state index in [0.717, 1.165) is 5.70 Å². The van der Waals surface area contributed by atoms with Gasteiger partial charge in [-0.15, -0.1) is 0 Å². The number of carbonyl (C=O) groups excluding carboxylic acids is 2. The number of hydrazine groups is 2. The second-order valence-corrected chi connectivity index (χ2v) is 4.61. The Labute approximate surface area is 131 Å². The molecule has 0 atom stereocenters. The van der Waals surface area contributed by atoms with Gasteiger partial charge in [0.25, 0.3) is 0 Å². The van der Waals surface area contributed by atoms with E-state index in [9.17, 15) is 9.59 Å². The molecule has 0 saturated carbocycles. The van der Waals surface area contributed by atoms with Crippen LogP contribution in [0.15, 0.2) is 22.5 Å². The van der Waals surface area contributed by atoms with Crippen LogP contribution in [0.2, 0.25) is 0 Å². The zero-order valence-electron chi connectivity index (χ0n) is 12.0. The molecule has 1 aromatic heterocycles. The van der Waals surface area contributed by atoms with Crippen LogP contribution in [-0.2, 0) is 9.59 Å². The fraction of sp³-hybridized carbons (Fsp3) is 0.273. The van der Waals surface area contributed by atoms with Crippen molar-refractivity contribution >= 4 is 29.3 Å². The van der Waals surface area contributed by atoms with Gasteiger partial charge in [-0.3, -0.25) is 20.9 Å². The van der Waals surface area contributed by atoms with E-state index in [1.165, 1.54) is 25.2 Å². The van der Waals surface area contributed by atoms with Crippen molar-refractivity contribution in [3.8, 4) is 5.88 Å². The van der Waals surface area contributed by atoms with Gasteiger partial charge in [0.15, 0.2) is 0 Å². The minimum Gasteiger partial charge on any atom is -0.479 e. The fourth-order valence-corrected chi connectivity index (χ4v) is 2.14. The number of ether oxygens (including phenoxy) is 1. The highest BCUT2D eigenvalue weighted by molar-refractivity contribution is 8.02. The molecule has 22 heavy (non-hydrogen) atoms. The molecular weight excluding hydrogens is 310 g/mol. The second-order valence-electron chi connectivity index (χ2n) is 3.75. The van der Waals surface area contributed by atoms with Gasteiger partial charge in [-0.1, -0.05) is 18.7 Å². The summed E-state index contributed by atoms with van der Waals surface area (Å²) in [4.78, 5) is 30.8. The summed E-state index contributed by atoms with van der Waals surface area (Å²) in [6.45, 7) is 1.92. The lowest BCUT2D eigenvalue weighted by Gasteiger charge is -2.11. The Kier molecular flexibility index (Phi) is 7.08. The number of hydrogen-bond acceptors (Lipinski definition) is 9. The number of hydrogen-bond donors (Lipinski definition) is 5. The first kappa shape index (κ1) is 17.7. The van der Waals surface area contributed by atoms with E-state index < -0.39 is 11.8 Å².